The fourth-order valence-electron chi connectivity index (χ4n) is 6.57. The molecule has 1 saturated heterocycles. The average Bonchev–Trinajstić information content (AvgIpc) is 2.66. The fraction of sp³-hybridized carbons (Fsp3) is 0.652. The van der Waals surface area contributed by atoms with Crippen LogP contribution in [-0.4, -0.2) is 34.1 Å². The van der Waals surface area contributed by atoms with E-state index in [4.69, 9.17) is 4.74 Å². The fourth-order valence-corrected chi connectivity index (χ4v) is 6.57. The second kappa shape index (κ2) is 6.78. The van der Waals surface area contributed by atoms with Crippen LogP contribution in [-0.2, 0) is 16.1 Å². The highest BCUT2D eigenvalue weighted by Gasteiger charge is 2.60. The van der Waals surface area contributed by atoms with Gasteiger partial charge in [-0.2, -0.15) is 0 Å². The number of hydrogen-bond acceptors (Lipinski definition) is 3. The molecule has 1 unspecified atom stereocenters. The highest BCUT2D eigenvalue weighted by molar-refractivity contribution is 5.93. The van der Waals surface area contributed by atoms with Crippen molar-refractivity contribution in [3.05, 3.63) is 35.9 Å². The zero-order chi connectivity index (χ0) is 19.4. The van der Waals surface area contributed by atoms with Crippen LogP contribution < -0.4 is 0 Å². The van der Waals surface area contributed by atoms with Crippen molar-refractivity contribution in [2.24, 2.45) is 29.6 Å². The third-order valence-electron chi connectivity index (χ3n) is 7.46. The molecule has 5 fully saturated rings. The summed E-state index contributed by atoms with van der Waals surface area (Å²) in [6.45, 7) is 4.26. The minimum Gasteiger partial charge on any atom is -0.443 e. The Balaban J connectivity index is 1.35. The van der Waals surface area contributed by atoms with Crippen LogP contribution in [0.3, 0.4) is 0 Å². The SMILES string of the molecule is CC(C)C1C(=O)N(C2C3CC4CC(C3)CC2C4)N1C(=O)OCc1ccccc1. The Labute approximate surface area is 167 Å². The van der Waals surface area contributed by atoms with E-state index in [1.54, 1.807) is 5.01 Å². The van der Waals surface area contributed by atoms with Gasteiger partial charge in [0.05, 0.1) is 6.04 Å². The number of ether oxygens (including phenoxy) is 1. The molecule has 4 saturated carbocycles. The predicted octanol–water partition coefficient (Wildman–Crippen LogP) is 4.23. The number of benzene rings is 1. The summed E-state index contributed by atoms with van der Waals surface area (Å²) >= 11 is 0. The molecule has 6 rings (SSSR count). The molecule has 4 bridgehead atoms. The van der Waals surface area contributed by atoms with Crippen molar-refractivity contribution in [3.63, 3.8) is 0 Å². The van der Waals surface area contributed by atoms with Crippen molar-refractivity contribution in [2.75, 3.05) is 0 Å². The molecule has 5 heteroatoms. The Kier molecular flexibility index (Phi) is 4.37. The molecular weight excluding hydrogens is 352 g/mol. The van der Waals surface area contributed by atoms with Gasteiger partial charge in [-0.1, -0.05) is 44.2 Å². The van der Waals surface area contributed by atoms with Crippen molar-refractivity contribution < 1.29 is 14.3 Å². The molecule has 4 aliphatic carbocycles. The number of hydrazine groups is 1. The van der Waals surface area contributed by atoms with Gasteiger partial charge < -0.3 is 4.74 Å². The maximum Gasteiger partial charge on any atom is 0.429 e. The van der Waals surface area contributed by atoms with Gasteiger partial charge >= 0.3 is 6.09 Å². The predicted molar refractivity (Wildman–Crippen MR) is 105 cm³/mol. The lowest BCUT2D eigenvalue weighted by Gasteiger charge is -2.62. The second-order valence-corrected chi connectivity index (χ2v) is 9.68. The summed E-state index contributed by atoms with van der Waals surface area (Å²) in [7, 11) is 0. The van der Waals surface area contributed by atoms with E-state index in [0.717, 1.165) is 17.4 Å². The molecule has 1 aromatic carbocycles. The van der Waals surface area contributed by atoms with Gasteiger partial charge in [-0.15, -0.1) is 0 Å². The molecule has 0 N–H and O–H groups in total. The summed E-state index contributed by atoms with van der Waals surface area (Å²) in [5.74, 6) is 2.99. The lowest BCUT2D eigenvalue weighted by Crippen LogP contribution is -2.77. The average molecular weight is 383 g/mol. The summed E-state index contributed by atoms with van der Waals surface area (Å²) in [4.78, 5) is 26.1. The van der Waals surface area contributed by atoms with E-state index in [0.29, 0.717) is 11.8 Å². The second-order valence-electron chi connectivity index (χ2n) is 9.68. The molecule has 2 amide bonds. The summed E-state index contributed by atoms with van der Waals surface area (Å²) in [6.07, 6.45) is 5.89. The number of nitrogens with zero attached hydrogens (tertiary/aromatic N) is 2. The van der Waals surface area contributed by atoms with Crippen LogP contribution in [0, 0.1) is 29.6 Å². The first-order valence-corrected chi connectivity index (χ1v) is 10.9. The monoisotopic (exact) mass is 382 g/mol. The Morgan fingerprint density at radius 3 is 2.21 bits per heavy atom. The van der Waals surface area contributed by atoms with E-state index in [2.05, 4.69) is 0 Å². The first kappa shape index (κ1) is 18.0. The molecular formula is C23H30N2O3. The van der Waals surface area contributed by atoms with Crippen molar-refractivity contribution >= 4 is 12.0 Å². The smallest absolute Gasteiger partial charge is 0.429 e. The van der Waals surface area contributed by atoms with Gasteiger partial charge in [-0.3, -0.25) is 4.79 Å². The zero-order valence-electron chi connectivity index (χ0n) is 16.8. The van der Waals surface area contributed by atoms with E-state index < -0.39 is 0 Å². The zero-order valence-corrected chi connectivity index (χ0v) is 16.8. The van der Waals surface area contributed by atoms with Gasteiger partial charge in [0.15, 0.2) is 0 Å². The minimum absolute atomic E-state index is 0.0878. The van der Waals surface area contributed by atoms with Gasteiger partial charge in [0.1, 0.15) is 12.6 Å². The molecule has 0 radical (unpaired) electrons. The Morgan fingerprint density at radius 1 is 1.04 bits per heavy atom. The topological polar surface area (TPSA) is 49.9 Å². The van der Waals surface area contributed by atoms with Gasteiger partial charge in [0.2, 0.25) is 0 Å². The van der Waals surface area contributed by atoms with Crippen LogP contribution in [0.2, 0.25) is 0 Å². The van der Waals surface area contributed by atoms with E-state index in [1.807, 2.05) is 49.2 Å². The maximum atomic E-state index is 13.1. The van der Waals surface area contributed by atoms with Crippen LogP contribution in [0.1, 0.15) is 51.5 Å². The van der Waals surface area contributed by atoms with Gasteiger partial charge in [0, 0.05) is 0 Å². The maximum absolute atomic E-state index is 13.1. The number of hydrogen-bond donors (Lipinski definition) is 0. The Hall–Kier alpha value is -2.04. The Morgan fingerprint density at radius 2 is 1.64 bits per heavy atom. The third kappa shape index (κ3) is 2.82. The lowest BCUT2D eigenvalue weighted by molar-refractivity contribution is -0.222. The summed E-state index contributed by atoms with van der Waals surface area (Å²) in [6, 6.07) is 9.53. The standard InChI is InChI=1S/C23H30N2O3/c1-14(2)20-22(26)24(21-18-9-16-8-17(11-18)12-19(21)10-16)25(20)23(27)28-13-15-6-4-3-5-7-15/h3-7,14,16-21H,8-13H2,1-2H3. The van der Waals surface area contributed by atoms with Crippen molar-refractivity contribution in [3.8, 4) is 0 Å². The number of rotatable bonds is 4. The van der Waals surface area contributed by atoms with Crippen LogP contribution in [0.15, 0.2) is 30.3 Å². The van der Waals surface area contributed by atoms with Gasteiger partial charge in [-0.05, 0) is 67.3 Å². The lowest BCUT2D eigenvalue weighted by atomic mass is 9.54. The molecule has 1 heterocycles. The number of carbonyl (C=O) groups excluding carboxylic acids is 2. The molecule has 0 spiro atoms. The number of amides is 2. The van der Waals surface area contributed by atoms with E-state index in [-0.39, 0.29) is 36.6 Å². The van der Waals surface area contributed by atoms with E-state index >= 15 is 0 Å². The molecule has 5 aliphatic rings. The third-order valence-corrected chi connectivity index (χ3v) is 7.46. The molecule has 150 valence electrons. The Bertz CT molecular complexity index is 734. The first-order valence-electron chi connectivity index (χ1n) is 10.9. The van der Waals surface area contributed by atoms with Crippen LogP contribution in [0.25, 0.3) is 0 Å². The molecule has 1 aromatic rings. The molecule has 5 nitrogen and oxygen atoms in total. The molecule has 1 aliphatic heterocycles. The van der Waals surface area contributed by atoms with E-state index in [1.165, 1.54) is 32.1 Å². The molecule has 1 atom stereocenters. The van der Waals surface area contributed by atoms with Crippen molar-refractivity contribution in [1.82, 2.24) is 10.0 Å². The summed E-state index contributed by atoms with van der Waals surface area (Å²) < 4.78 is 5.63. The highest BCUT2D eigenvalue weighted by Crippen LogP contribution is 2.56. The summed E-state index contributed by atoms with van der Waals surface area (Å²) in [5.41, 5.74) is 0.963. The highest BCUT2D eigenvalue weighted by atomic mass is 16.6. The van der Waals surface area contributed by atoms with Crippen LogP contribution in [0.5, 0.6) is 0 Å². The van der Waals surface area contributed by atoms with Gasteiger partial charge in [0.25, 0.3) is 5.91 Å². The minimum atomic E-state index is -0.388. The van der Waals surface area contributed by atoms with Crippen LogP contribution >= 0.6 is 0 Å². The van der Waals surface area contributed by atoms with E-state index in [9.17, 15) is 9.59 Å². The largest absolute Gasteiger partial charge is 0.443 e. The van der Waals surface area contributed by atoms with Gasteiger partial charge in [-0.25, -0.2) is 14.8 Å². The van der Waals surface area contributed by atoms with Crippen molar-refractivity contribution in [2.45, 2.75) is 64.6 Å². The molecule has 28 heavy (non-hydrogen) atoms. The summed E-state index contributed by atoms with van der Waals surface area (Å²) in [5, 5.41) is 3.47. The molecule has 0 aromatic heterocycles. The van der Waals surface area contributed by atoms with Crippen LogP contribution in [0.4, 0.5) is 4.79 Å². The normalized spacial score (nSPS) is 36.0. The quantitative estimate of drug-likeness (QED) is 0.783. The van der Waals surface area contributed by atoms with Crippen molar-refractivity contribution in [1.29, 1.82) is 0 Å². The first-order chi connectivity index (χ1) is 13.5. The number of carbonyl (C=O) groups is 2.